The summed E-state index contributed by atoms with van der Waals surface area (Å²) in [6.45, 7) is 7.87. The first-order chi connectivity index (χ1) is 12.6. The fourth-order valence-electron chi connectivity index (χ4n) is 3.28. The molecule has 1 aromatic rings. The molecular weight excluding hydrogens is 332 g/mol. The Morgan fingerprint density at radius 2 is 2.12 bits per heavy atom. The van der Waals surface area contributed by atoms with Crippen LogP contribution in [0.3, 0.4) is 0 Å². The van der Waals surface area contributed by atoms with Gasteiger partial charge in [0.05, 0.1) is 13.0 Å². The van der Waals surface area contributed by atoms with E-state index in [2.05, 4.69) is 22.1 Å². The molecule has 1 aliphatic heterocycles. The topological polar surface area (TPSA) is 74.8 Å². The fraction of sp³-hybridized carbons (Fsp3) is 0.632. The predicted molar refractivity (Wildman–Crippen MR) is 99.6 cm³/mol. The number of rotatable bonds is 8. The molecule has 0 bridgehead atoms. The van der Waals surface area contributed by atoms with Crippen LogP contribution in [0.25, 0.3) is 0 Å². The third-order valence-electron chi connectivity index (χ3n) is 4.65. The Morgan fingerprint density at radius 3 is 2.81 bits per heavy atom. The van der Waals surface area contributed by atoms with Crippen LogP contribution in [-0.2, 0) is 16.1 Å². The summed E-state index contributed by atoms with van der Waals surface area (Å²) in [6, 6.07) is 4.31. The fourth-order valence-corrected chi connectivity index (χ4v) is 3.28. The Hall–Kier alpha value is -2.15. The normalized spacial score (nSPS) is 17.2. The number of aromatic nitrogens is 1. The van der Waals surface area contributed by atoms with E-state index < -0.39 is 0 Å². The number of likely N-dealkylation sites (N-methyl/N-ethyl adjacent to an activating group) is 1. The second-order valence-corrected chi connectivity index (χ2v) is 6.45. The molecule has 144 valence electrons. The van der Waals surface area contributed by atoms with Gasteiger partial charge >= 0.3 is 12.0 Å². The van der Waals surface area contributed by atoms with Crippen LogP contribution in [-0.4, -0.2) is 65.6 Å². The highest BCUT2D eigenvalue weighted by atomic mass is 16.5. The zero-order chi connectivity index (χ0) is 18.8. The lowest BCUT2D eigenvalue weighted by Crippen LogP contribution is -2.52. The van der Waals surface area contributed by atoms with E-state index in [0.29, 0.717) is 25.7 Å². The quantitative estimate of drug-likeness (QED) is 0.716. The van der Waals surface area contributed by atoms with Gasteiger partial charge in [-0.1, -0.05) is 6.92 Å². The number of carbonyl (C=O) groups excluding carboxylic acids is 2. The maximum atomic E-state index is 12.4. The highest BCUT2D eigenvalue weighted by Crippen LogP contribution is 2.18. The van der Waals surface area contributed by atoms with E-state index in [4.69, 9.17) is 4.74 Å². The molecule has 0 aliphatic carbocycles. The molecule has 2 rings (SSSR count). The molecule has 2 heterocycles. The van der Waals surface area contributed by atoms with Gasteiger partial charge in [0.15, 0.2) is 0 Å². The number of nitrogens with zero attached hydrogens (tertiary/aromatic N) is 3. The first kappa shape index (κ1) is 20.2. The van der Waals surface area contributed by atoms with E-state index in [0.717, 1.165) is 32.5 Å². The van der Waals surface area contributed by atoms with Gasteiger partial charge in [0.25, 0.3) is 0 Å². The SMILES string of the molecule is CCOC(=O)CCNC(=O)N1CCC[C@H](N(CC)Cc2ccncc2)C1. The highest BCUT2D eigenvalue weighted by Gasteiger charge is 2.27. The molecule has 1 saturated heterocycles. The number of carbonyl (C=O) groups is 2. The Balaban J connectivity index is 1.82. The molecule has 2 amide bonds. The number of urea groups is 1. The van der Waals surface area contributed by atoms with Gasteiger partial charge in [-0.2, -0.15) is 0 Å². The Bertz CT molecular complexity index is 567. The number of pyridine rings is 1. The maximum Gasteiger partial charge on any atom is 0.317 e. The number of ether oxygens (including phenoxy) is 1. The van der Waals surface area contributed by atoms with Crippen LogP contribution in [0.1, 0.15) is 38.7 Å². The van der Waals surface area contributed by atoms with E-state index in [1.165, 1.54) is 5.56 Å². The summed E-state index contributed by atoms with van der Waals surface area (Å²) in [5, 5.41) is 2.83. The standard InChI is InChI=1S/C19H30N4O3/c1-3-22(14-16-7-10-20-11-8-16)17-6-5-13-23(15-17)19(25)21-12-9-18(24)26-4-2/h7-8,10-11,17H,3-6,9,12-15H2,1-2H3,(H,21,25)/t17-/m0/s1. The van der Waals surface area contributed by atoms with Gasteiger partial charge in [-0.15, -0.1) is 0 Å². The van der Waals surface area contributed by atoms with Crippen molar-refractivity contribution in [2.45, 2.75) is 45.7 Å². The van der Waals surface area contributed by atoms with Crippen molar-refractivity contribution in [2.24, 2.45) is 0 Å². The molecule has 1 atom stereocenters. The number of amides is 2. The predicted octanol–water partition coefficient (Wildman–Crippen LogP) is 2.03. The van der Waals surface area contributed by atoms with Gasteiger partial charge in [-0.05, 0) is 44.0 Å². The summed E-state index contributed by atoms with van der Waals surface area (Å²) in [5.41, 5.74) is 1.23. The lowest BCUT2D eigenvalue weighted by atomic mass is 10.0. The van der Waals surface area contributed by atoms with Crippen molar-refractivity contribution < 1.29 is 14.3 Å². The van der Waals surface area contributed by atoms with Crippen molar-refractivity contribution >= 4 is 12.0 Å². The molecule has 0 unspecified atom stereocenters. The van der Waals surface area contributed by atoms with Gasteiger partial charge in [-0.25, -0.2) is 4.79 Å². The van der Waals surface area contributed by atoms with Crippen molar-refractivity contribution in [1.82, 2.24) is 20.1 Å². The summed E-state index contributed by atoms with van der Waals surface area (Å²) < 4.78 is 4.87. The molecular formula is C19H30N4O3. The lowest BCUT2D eigenvalue weighted by Gasteiger charge is -2.39. The second-order valence-electron chi connectivity index (χ2n) is 6.45. The number of esters is 1. The van der Waals surface area contributed by atoms with Crippen LogP contribution in [0.2, 0.25) is 0 Å². The molecule has 26 heavy (non-hydrogen) atoms. The smallest absolute Gasteiger partial charge is 0.317 e. The molecule has 7 nitrogen and oxygen atoms in total. The van der Waals surface area contributed by atoms with Crippen molar-refractivity contribution in [3.8, 4) is 0 Å². The summed E-state index contributed by atoms with van der Waals surface area (Å²) in [6.07, 6.45) is 5.91. The minimum Gasteiger partial charge on any atom is -0.466 e. The van der Waals surface area contributed by atoms with Crippen molar-refractivity contribution in [3.05, 3.63) is 30.1 Å². The minimum atomic E-state index is -0.279. The molecule has 1 aliphatic rings. The number of nitrogens with one attached hydrogen (secondary N) is 1. The average molecular weight is 362 g/mol. The third-order valence-corrected chi connectivity index (χ3v) is 4.65. The Morgan fingerprint density at radius 1 is 1.35 bits per heavy atom. The first-order valence-electron chi connectivity index (χ1n) is 9.45. The molecule has 7 heteroatoms. The molecule has 0 spiro atoms. The molecule has 0 radical (unpaired) electrons. The van der Waals surface area contributed by atoms with Crippen LogP contribution >= 0.6 is 0 Å². The second kappa shape index (κ2) is 10.8. The number of likely N-dealkylation sites (tertiary alicyclic amines) is 1. The van der Waals surface area contributed by atoms with Crippen LogP contribution in [0, 0.1) is 0 Å². The minimum absolute atomic E-state index is 0.0982. The number of hydrogen-bond acceptors (Lipinski definition) is 5. The number of piperidine rings is 1. The molecule has 0 saturated carbocycles. The Kier molecular flexibility index (Phi) is 8.34. The summed E-state index contributed by atoms with van der Waals surface area (Å²) in [5.74, 6) is -0.279. The summed E-state index contributed by atoms with van der Waals surface area (Å²) >= 11 is 0. The van der Waals surface area contributed by atoms with Crippen LogP contribution < -0.4 is 5.32 Å². The maximum absolute atomic E-state index is 12.4. The van der Waals surface area contributed by atoms with Crippen LogP contribution in [0.5, 0.6) is 0 Å². The lowest BCUT2D eigenvalue weighted by molar-refractivity contribution is -0.142. The summed E-state index contributed by atoms with van der Waals surface area (Å²) in [4.78, 5) is 32.1. The van der Waals surface area contributed by atoms with E-state index in [1.54, 1.807) is 6.92 Å². The van der Waals surface area contributed by atoms with E-state index in [1.807, 2.05) is 29.4 Å². The average Bonchev–Trinajstić information content (AvgIpc) is 2.67. The third kappa shape index (κ3) is 6.29. The first-order valence-corrected chi connectivity index (χ1v) is 9.45. The number of hydrogen-bond donors (Lipinski definition) is 1. The van der Waals surface area contributed by atoms with Gasteiger partial charge in [-0.3, -0.25) is 14.7 Å². The van der Waals surface area contributed by atoms with E-state index in [-0.39, 0.29) is 18.4 Å². The molecule has 0 aromatic carbocycles. The van der Waals surface area contributed by atoms with Gasteiger partial charge in [0.2, 0.25) is 0 Å². The largest absolute Gasteiger partial charge is 0.466 e. The van der Waals surface area contributed by atoms with Crippen molar-refractivity contribution in [1.29, 1.82) is 0 Å². The van der Waals surface area contributed by atoms with Crippen LogP contribution in [0.4, 0.5) is 4.79 Å². The molecule has 1 fully saturated rings. The van der Waals surface area contributed by atoms with Gasteiger partial charge in [0.1, 0.15) is 0 Å². The highest BCUT2D eigenvalue weighted by molar-refractivity contribution is 5.75. The zero-order valence-electron chi connectivity index (χ0n) is 15.8. The van der Waals surface area contributed by atoms with E-state index in [9.17, 15) is 9.59 Å². The zero-order valence-corrected chi connectivity index (χ0v) is 15.8. The van der Waals surface area contributed by atoms with E-state index >= 15 is 0 Å². The van der Waals surface area contributed by atoms with Crippen molar-refractivity contribution in [2.75, 3.05) is 32.8 Å². The molecule has 1 N–H and O–H groups in total. The molecule has 1 aromatic heterocycles. The van der Waals surface area contributed by atoms with Gasteiger partial charge in [0, 0.05) is 44.6 Å². The summed E-state index contributed by atoms with van der Waals surface area (Å²) in [7, 11) is 0. The monoisotopic (exact) mass is 362 g/mol. The van der Waals surface area contributed by atoms with Crippen molar-refractivity contribution in [3.63, 3.8) is 0 Å². The van der Waals surface area contributed by atoms with Gasteiger partial charge < -0.3 is 15.0 Å². The Labute approximate surface area is 155 Å². The van der Waals surface area contributed by atoms with Crippen LogP contribution in [0.15, 0.2) is 24.5 Å².